The van der Waals surface area contributed by atoms with Gasteiger partial charge in [0, 0.05) is 0 Å². The summed E-state index contributed by atoms with van der Waals surface area (Å²) in [7, 11) is 0. The Balaban J connectivity index is 0.000000810. The van der Waals surface area contributed by atoms with Crippen molar-refractivity contribution in [2.75, 3.05) is 0 Å². The molecule has 0 aromatic heterocycles. The van der Waals surface area contributed by atoms with Gasteiger partial charge in [-0.25, -0.2) is 0 Å². The third-order valence-electron chi connectivity index (χ3n) is 2.32. The first-order chi connectivity index (χ1) is 4.25. The molecule has 1 N–H and O–H groups in total. The molecule has 0 heterocycles. The highest BCUT2D eigenvalue weighted by Gasteiger charge is 2.32. The largest absolute Gasteiger partial charge is 0.393 e. The first kappa shape index (κ1) is 9.96. The second kappa shape index (κ2) is 3.97. The highest BCUT2D eigenvalue weighted by Crippen LogP contribution is 2.39. The Kier molecular flexibility index (Phi) is 3.95. The van der Waals surface area contributed by atoms with Gasteiger partial charge in [-0.1, -0.05) is 20.8 Å². The lowest BCUT2D eigenvalue weighted by Gasteiger charge is -2.16. The standard InChI is InChI=1S/C8H16O.CH4/c1-3-8(6(2)9)7-4-5-7;/h6-9H,3-5H2,1-2H3;1H4/t6-,8-;/m1./s1. The van der Waals surface area contributed by atoms with Gasteiger partial charge in [-0.3, -0.25) is 0 Å². The quantitative estimate of drug-likeness (QED) is 0.645. The second-order valence-corrected chi connectivity index (χ2v) is 3.15. The average Bonchev–Trinajstić information content (AvgIpc) is 2.50. The van der Waals surface area contributed by atoms with Gasteiger partial charge in [-0.2, -0.15) is 0 Å². The van der Waals surface area contributed by atoms with E-state index in [1.54, 1.807) is 0 Å². The summed E-state index contributed by atoms with van der Waals surface area (Å²) in [6, 6.07) is 0. The SMILES string of the molecule is C.CC[C@@H](C1CC1)[C@@H](C)O. The molecule has 0 aromatic carbocycles. The lowest BCUT2D eigenvalue weighted by molar-refractivity contribution is 0.110. The molecule has 0 saturated heterocycles. The highest BCUT2D eigenvalue weighted by molar-refractivity contribution is 4.82. The van der Waals surface area contributed by atoms with Gasteiger partial charge in [0.1, 0.15) is 0 Å². The van der Waals surface area contributed by atoms with Crippen LogP contribution in [0.4, 0.5) is 0 Å². The van der Waals surface area contributed by atoms with Crippen molar-refractivity contribution in [3.63, 3.8) is 0 Å². The summed E-state index contributed by atoms with van der Waals surface area (Å²) in [6.07, 6.45) is 3.76. The predicted molar refractivity (Wildman–Crippen MR) is 44.9 cm³/mol. The molecule has 1 nitrogen and oxygen atoms in total. The van der Waals surface area contributed by atoms with Gasteiger partial charge in [0.05, 0.1) is 6.10 Å². The molecular formula is C9H20O. The van der Waals surface area contributed by atoms with Crippen LogP contribution in [0.5, 0.6) is 0 Å². The molecule has 62 valence electrons. The van der Waals surface area contributed by atoms with E-state index in [2.05, 4.69) is 6.92 Å². The summed E-state index contributed by atoms with van der Waals surface area (Å²) in [5.41, 5.74) is 0. The van der Waals surface area contributed by atoms with Gasteiger partial charge in [0.2, 0.25) is 0 Å². The summed E-state index contributed by atoms with van der Waals surface area (Å²) in [5, 5.41) is 9.22. The molecule has 1 aliphatic rings. The van der Waals surface area contributed by atoms with E-state index in [4.69, 9.17) is 0 Å². The van der Waals surface area contributed by atoms with Crippen molar-refractivity contribution in [3.05, 3.63) is 0 Å². The fourth-order valence-corrected chi connectivity index (χ4v) is 1.59. The molecule has 1 fully saturated rings. The minimum atomic E-state index is -0.0810. The topological polar surface area (TPSA) is 20.2 Å². The molecule has 1 rings (SSSR count). The molecule has 0 unspecified atom stereocenters. The van der Waals surface area contributed by atoms with Crippen LogP contribution in [0.3, 0.4) is 0 Å². The highest BCUT2D eigenvalue weighted by atomic mass is 16.3. The molecule has 0 amide bonds. The molecule has 10 heavy (non-hydrogen) atoms. The van der Waals surface area contributed by atoms with E-state index >= 15 is 0 Å². The van der Waals surface area contributed by atoms with Gasteiger partial charge in [0.15, 0.2) is 0 Å². The zero-order chi connectivity index (χ0) is 6.85. The maximum atomic E-state index is 9.22. The Morgan fingerprint density at radius 1 is 1.50 bits per heavy atom. The zero-order valence-corrected chi connectivity index (χ0v) is 6.30. The van der Waals surface area contributed by atoms with E-state index in [1.807, 2.05) is 6.92 Å². The van der Waals surface area contributed by atoms with Gasteiger partial charge < -0.3 is 5.11 Å². The lowest BCUT2D eigenvalue weighted by atomic mass is 9.95. The molecule has 2 atom stereocenters. The Labute approximate surface area is 64.5 Å². The number of hydrogen-bond acceptors (Lipinski definition) is 1. The van der Waals surface area contributed by atoms with Crippen molar-refractivity contribution in [3.8, 4) is 0 Å². The van der Waals surface area contributed by atoms with Crippen molar-refractivity contribution in [1.82, 2.24) is 0 Å². The van der Waals surface area contributed by atoms with Gasteiger partial charge in [0.25, 0.3) is 0 Å². The van der Waals surface area contributed by atoms with Crippen LogP contribution >= 0.6 is 0 Å². The monoisotopic (exact) mass is 144 g/mol. The van der Waals surface area contributed by atoms with Crippen LogP contribution in [0, 0.1) is 11.8 Å². The van der Waals surface area contributed by atoms with Gasteiger partial charge in [-0.15, -0.1) is 0 Å². The van der Waals surface area contributed by atoms with E-state index < -0.39 is 0 Å². The van der Waals surface area contributed by atoms with E-state index in [1.165, 1.54) is 12.8 Å². The van der Waals surface area contributed by atoms with Gasteiger partial charge >= 0.3 is 0 Å². The maximum absolute atomic E-state index is 9.22. The Morgan fingerprint density at radius 2 is 2.00 bits per heavy atom. The molecular weight excluding hydrogens is 124 g/mol. The van der Waals surface area contributed by atoms with Crippen LogP contribution in [0.2, 0.25) is 0 Å². The summed E-state index contributed by atoms with van der Waals surface area (Å²) >= 11 is 0. The fraction of sp³-hybridized carbons (Fsp3) is 1.00. The normalized spacial score (nSPS) is 23.1. The minimum Gasteiger partial charge on any atom is -0.393 e. The van der Waals surface area contributed by atoms with Crippen LogP contribution in [0.25, 0.3) is 0 Å². The summed E-state index contributed by atoms with van der Waals surface area (Å²) < 4.78 is 0. The fourth-order valence-electron chi connectivity index (χ4n) is 1.59. The summed E-state index contributed by atoms with van der Waals surface area (Å²) in [4.78, 5) is 0. The van der Waals surface area contributed by atoms with Crippen LogP contribution in [0.15, 0.2) is 0 Å². The van der Waals surface area contributed by atoms with E-state index in [-0.39, 0.29) is 13.5 Å². The molecule has 1 heteroatoms. The molecule has 0 bridgehead atoms. The van der Waals surface area contributed by atoms with Crippen LogP contribution in [-0.2, 0) is 0 Å². The van der Waals surface area contributed by atoms with Crippen molar-refractivity contribution >= 4 is 0 Å². The summed E-state index contributed by atoms with van der Waals surface area (Å²) in [6.45, 7) is 4.07. The van der Waals surface area contributed by atoms with Crippen LogP contribution < -0.4 is 0 Å². The third-order valence-corrected chi connectivity index (χ3v) is 2.32. The van der Waals surface area contributed by atoms with Crippen molar-refractivity contribution in [1.29, 1.82) is 0 Å². The average molecular weight is 144 g/mol. The Hall–Kier alpha value is -0.0400. The first-order valence-electron chi connectivity index (χ1n) is 3.93. The zero-order valence-electron chi connectivity index (χ0n) is 6.30. The Bertz CT molecular complexity index is 82.7. The second-order valence-electron chi connectivity index (χ2n) is 3.15. The van der Waals surface area contributed by atoms with E-state index in [0.29, 0.717) is 5.92 Å². The van der Waals surface area contributed by atoms with Crippen molar-refractivity contribution < 1.29 is 5.11 Å². The van der Waals surface area contributed by atoms with Gasteiger partial charge in [-0.05, 0) is 31.6 Å². The number of aliphatic hydroxyl groups is 1. The van der Waals surface area contributed by atoms with Crippen LogP contribution in [0.1, 0.15) is 40.5 Å². The first-order valence-corrected chi connectivity index (χ1v) is 3.93. The van der Waals surface area contributed by atoms with E-state index in [0.717, 1.165) is 12.3 Å². The van der Waals surface area contributed by atoms with Crippen molar-refractivity contribution in [2.45, 2.75) is 46.6 Å². The third kappa shape index (κ3) is 2.30. The molecule has 0 radical (unpaired) electrons. The molecule has 1 aliphatic carbocycles. The number of hydrogen-bond donors (Lipinski definition) is 1. The molecule has 0 spiro atoms. The predicted octanol–water partition coefficient (Wildman–Crippen LogP) is 2.44. The van der Waals surface area contributed by atoms with E-state index in [9.17, 15) is 5.11 Å². The van der Waals surface area contributed by atoms with Crippen LogP contribution in [-0.4, -0.2) is 11.2 Å². The number of aliphatic hydroxyl groups excluding tert-OH is 1. The molecule has 1 saturated carbocycles. The van der Waals surface area contributed by atoms with Crippen molar-refractivity contribution in [2.24, 2.45) is 11.8 Å². The lowest BCUT2D eigenvalue weighted by Crippen LogP contribution is -2.17. The summed E-state index contributed by atoms with van der Waals surface area (Å²) in [5.74, 6) is 1.44. The molecule has 0 aliphatic heterocycles. The number of rotatable bonds is 3. The smallest absolute Gasteiger partial charge is 0.0542 e. The molecule has 0 aromatic rings. The Morgan fingerprint density at radius 3 is 2.10 bits per heavy atom. The maximum Gasteiger partial charge on any atom is 0.0542 e. The minimum absolute atomic E-state index is 0.